The number of hydrogen-bond acceptors (Lipinski definition) is 5. The van der Waals surface area contributed by atoms with Gasteiger partial charge in [0, 0.05) is 56.7 Å². The van der Waals surface area contributed by atoms with Gasteiger partial charge in [-0.1, -0.05) is 13.8 Å². The number of anilines is 1. The first-order valence-electron chi connectivity index (χ1n) is 6.97. The van der Waals surface area contributed by atoms with Gasteiger partial charge in [0.15, 0.2) is 0 Å². The molecule has 1 aromatic heterocycles. The first kappa shape index (κ1) is 14.2. The van der Waals surface area contributed by atoms with Crippen molar-refractivity contribution in [3.8, 4) is 0 Å². The first-order chi connectivity index (χ1) is 9.19. The molecule has 106 valence electrons. The lowest BCUT2D eigenvalue weighted by Crippen LogP contribution is -2.24. The van der Waals surface area contributed by atoms with Crippen LogP contribution < -0.4 is 10.2 Å². The van der Waals surface area contributed by atoms with Crippen LogP contribution in [0.5, 0.6) is 0 Å². The van der Waals surface area contributed by atoms with Crippen LogP contribution in [0, 0.1) is 5.92 Å². The third kappa shape index (κ3) is 4.14. The number of methoxy groups -OCH3 is 1. The molecule has 0 bridgehead atoms. The van der Waals surface area contributed by atoms with Crippen LogP contribution in [-0.2, 0) is 11.3 Å². The molecule has 1 aliphatic rings. The molecular formula is C14H24N4O. The predicted molar refractivity (Wildman–Crippen MR) is 76.2 cm³/mol. The topological polar surface area (TPSA) is 50.3 Å². The number of hydrogen-bond donors (Lipinski definition) is 1. The summed E-state index contributed by atoms with van der Waals surface area (Å²) in [6.45, 7) is 7.94. The van der Waals surface area contributed by atoms with Gasteiger partial charge in [-0.2, -0.15) is 0 Å². The largest absolute Gasteiger partial charge is 0.384 e. The number of rotatable bonds is 6. The van der Waals surface area contributed by atoms with Crippen molar-refractivity contribution >= 4 is 5.95 Å². The summed E-state index contributed by atoms with van der Waals surface area (Å²) in [5.74, 6) is 1.45. The maximum Gasteiger partial charge on any atom is 0.225 e. The summed E-state index contributed by atoms with van der Waals surface area (Å²) >= 11 is 0. The Kier molecular flexibility index (Phi) is 5.10. The van der Waals surface area contributed by atoms with Crippen molar-refractivity contribution in [2.75, 3.05) is 31.7 Å². The van der Waals surface area contributed by atoms with Gasteiger partial charge < -0.3 is 15.0 Å². The molecule has 5 nitrogen and oxygen atoms in total. The maximum atomic E-state index is 5.21. The van der Waals surface area contributed by atoms with E-state index in [1.54, 1.807) is 7.11 Å². The Morgan fingerprint density at radius 3 is 2.79 bits per heavy atom. The van der Waals surface area contributed by atoms with E-state index in [-0.39, 0.29) is 0 Å². The van der Waals surface area contributed by atoms with Crippen molar-refractivity contribution in [1.29, 1.82) is 0 Å². The van der Waals surface area contributed by atoms with Crippen LogP contribution in [0.25, 0.3) is 0 Å². The minimum atomic E-state index is 0.480. The SMILES string of the molecule is COCC1CCN(c2ncc(CNC(C)C)cn2)C1. The zero-order valence-electron chi connectivity index (χ0n) is 12.1. The Morgan fingerprint density at radius 2 is 2.16 bits per heavy atom. The Morgan fingerprint density at radius 1 is 1.42 bits per heavy atom. The van der Waals surface area contributed by atoms with Crippen LogP contribution >= 0.6 is 0 Å². The average Bonchev–Trinajstić information content (AvgIpc) is 2.86. The van der Waals surface area contributed by atoms with Crippen LogP contribution in [0.15, 0.2) is 12.4 Å². The summed E-state index contributed by atoms with van der Waals surface area (Å²) in [6.07, 6.45) is 5.00. The van der Waals surface area contributed by atoms with Gasteiger partial charge in [0.25, 0.3) is 0 Å². The van der Waals surface area contributed by atoms with E-state index in [9.17, 15) is 0 Å². The van der Waals surface area contributed by atoms with Crippen molar-refractivity contribution < 1.29 is 4.74 Å². The molecule has 5 heteroatoms. The summed E-state index contributed by atoms with van der Waals surface area (Å²) in [5.41, 5.74) is 1.13. The van der Waals surface area contributed by atoms with Crippen LogP contribution in [0.1, 0.15) is 25.8 Å². The first-order valence-corrected chi connectivity index (χ1v) is 6.97. The van der Waals surface area contributed by atoms with Crippen LogP contribution in [0.4, 0.5) is 5.95 Å². The average molecular weight is 264 g/mol. The third-order valence-electron chi connectivity index (χ3n) is 3.38. The Bertz CT molecular complexity index is 380. The van der Waals surface area contributed by atoms with Crippen LogP contribution in [0.3, 0.4) is 0 Å². The second-order valence-electron chi connectivity index (χ2n) is 5.48. The molecule has 2 rings (SSSR count). The third-order valence-corrected chi connectivity index (χ3v) is 3.38. The van der Waals surface area contributed by atoms with Gasteiger partial charge in [0.1, 0.15) is 0 Å². The predicted octanol–water partition coefficient (Wildman–Crippen LogP) is 1.45. The number of aromatic nitrogens is 2. The lowest BCUT2D eigenvalue weighted by Gasteiger charge is -2.16. The molecule has 2 heterocycles. The number of nitrogens with one attached hydrogen (secondary N) is 1. The molecule has 19 heavy (non-hydrogen) atoms. The molecule has 1 N–H and O–H groups in total. The molecule has 0 aliphatic carbocycles. The molecule has 1 aliphatic heterocycles. The van der Waals surface area contributed by atoms with Gasteiger partial charge >= 0.3 is 0 Å². The highest BCUT2D eigenvalue weighted by atomic mass is 16.5. The zero-order chi connectivity index (χ0) is 13.7. The second-order valence-corrected chi connectivity index (χ2v) is 5.48. The van der Waals surface area contributed by atoms with Crippen molar-refractivity contribution in [2.45, 2.75) is 32.9 Å². The van der Waals surface area contributed by atoms with E-state index in [2.05, 4.69) is 34.0 Å². The summed E-state index contributed by atoms with van der Waals surface area (Å²) in [6, 6.07) is 0.480. The van der Waals surface area contributed by atoms with Gasteiger partial charge in [-0.25, -0.2) is 9.97 Å². The highest BCUT2D eigenvalue weighted by molar-refractivity contribution is 5.31. The van der Waals surface area contributed by atoms with E-state index in [1.807, 2.05) is 12.4 Å². The lowest BCUT2D eigenvalue weighted by atomic mass is 10.1. The highest BCUT2D eigenvalue weighted by Gasteiger charge is 2.23. The number of ether oxygens (including phenoxy) is 1. The molecule has 0 amide bonds. The normalized spacial score (nSPS) is 19.4. The summed E-state index contributed by atoms with van der Waals surface area (Å²) in [5, 5.41) is 3.36. The second kappa shape index (κ2) is 6.82. The van der Waals surface area contributed by atoms with Crippen molar-refractivity contribution in [3.63, 3.8) is 0 Å². The summed E-state index contributed by atoms with van der Waals surface area (Å²) in [7, 11) is 1.76. The monoisotopic (exact) mass is 264 g/mol. The lowest BCUT2D eigenvalue weighted by molar-refractivity contribution is 0.161. The summed E-state index contributed by atoms with van der Waals surface area (Å²) < 4.78 is 5.21. The Hall–Kier alpha value is -1.20. The van der Waals surface area contributed by atoms with E-state index in [0.717, 1.165) is 44.2 Å². The van der Waals surface area contributed by atoms with Crippen LogP contribution in [-0.4, -0.2) is 42.8 Å². The zero-order valence-corrected chi connectivity index (χ0v) is 12.1. The molecule has 0 spiro atoms. The van der Waals surface area contributed by atoms with E-state index in [0.29, 0.717) is 12.0 Å². The Labute approximate surface area is 115 Å². The van der Waals surface area contributed by atoms with Gasteiger partial charge in [0.05, 0.1) is 6.61 Å². The molecule has 1 unspecified atom stereocenters. The van der Waals surface area contributed by atoms with Gasteiger partial charge in [-0.05, 0) is 6.42 Å². The fourth-order valence-electron chi connectivity index (χ4n) is 2.31. The minimum Gasteiger partial charge on any atom is -0.384 e. The highest BCUT2D eigenvalue weighted by Crippen LogP contribution is 2.20. The van der Waals surface area contributed by atoms with Crippen molar-refractivity contribution in [2.24, 2.45) is 5.92 Å². The fourth-order valence-corrected chi connectivity index (χ4v) is 2.31. The number of nitrogens with zero attached hydrogens (tertiary/aromatic N) is 3. The van der Waals surface area contributed by atoms with Gasteiger partial charge in [-0.3, -0.25) is 0 Å². The van der Waals surface area contributed by atoms with Gasteiger partial charge in [0.2, 0.25) is 5.95 Å². The standard InChI is InChI=1S/C14H24N4O/c1-11(2)15-6-13-7-16-14(17-8-13)18-5-4-12(9-18)10-19-3/h7-8,11-12,15H,4-6,9-10H2,1-3H3. The van der Waals surface area contributed by atoms with Crippen molar-refractivity contribution in [3.05, 3.63) is 18.0 Å². The molecule has 0 saturated carbocycles. The van der Waals surface area contributed by atoms with E-state index >= 15 is 0 Å². The van der Waals surface area contributed by atoms with E-state index in [4.69, 9.17) is 4.74 Å². The van der Waals surface area contributed by atoms with Crippen LogP contribution in [0.2, 0.25) is 0 Å². The van der Waals surface area contributed by atoms with Crippen molar-refractivity contribution in [1.82, 2.24) is 15.3 Å². The molecule has 0 radical (unpaired) electrons. The Balaban J connectivity index is 1.88. The van der Waals surface area contributed by atoms with E-state index in [1.165, 1.54) is 0 Å². The quantitative estimate of drug-likeness (QED) is 0.842. The molecule has 1 saturated heterocycles. The molecular weight excluding hydrogens is 240 g/mol. The fraction of sp³-hybridized carbons (Fsp3) is 0.714. The minimum absolute atomic E-state index is 0.480. The molecule has 0 aromatic carbocycles. The molecule has 1 fully saturated rings. The smallest absolute Gasteiger partial charge is 0.225 e. The van der Waals surface area contributed by atoms with Gasteiger partial charge in [-0.15, -0.1) is 0 Å². The summed E-state index contributed by atoms with van der Waals surface area (Å²) in [4.78, 5) is 11.2. The molecule has 1 aromatic rings. The maximum absolute atomic E-state index is 5.21. The van der Waals surface area contributed by atoms with E-state index < -0.39 is 0 Å². The molecule has 1 atom stereocenters.